The summed E-state index contributed by atoms with van der Waals surface area (Å²) in [6, 6.07) is 0. The Labute approximate surface area is 80.1 Å². The van der Waals surface area contributed by atoms with Crippen molar-refractivity contribution in [2.75, 3.05) is 0 Å². The molecule has 0 amide bonds. The molecule has 0 aromatic rings. The zero-order valence-electron chi connectivity index (χ0n) is 4.91. The van der Waals surface area contributed by atoms with E-state index in [2.05, 4.69) is 0 Å². The molecule has 0 bridgehead atoms. The van der Waals surface area contributed by atoms with Gasteiger partial charge in [-0.25, -0.2) is 0 Å². The van der Waals surface area contributed by atoms with E-state index >= 15 is 0 Å². The van der Waals surface area contributed by atoms with Gasteiger partial charge in [0.1, 0.15) is 0 Å². The second-order valence-corrected chi connectivity index (χ2v) is 2.11. The molecule has 0 aliphatic carbocycles. The molecule has 0 aliphatic rings. The average Bonchev–Trinajstić information content (AvgIpc) is 0.722. The second kappa shape index (κ2) is 3.55. The van der Waals surface area contributed by atoms with Crippen LogP contribution in [0.4, 0.5) is 0 Å². The maximum Gasteiger partial charge on any atom is 1.00 e. The van der Waals surface area contributed by atoms with E-state index < -0.39 is 5.60 Å². The molecule has 0 aromatic carbocycles. The molecular weight excluding hydrogens is 287 g/mol. The molecule has 0 radical (unpaired) electrons. The number of rotatable bonds is 0. The van der Waals surface area contributed by atoms with E-state index in [9.17, 15) is 5.11 Å². The van der Waals surface area contributed by atoms with Gasteiger partial charge in [-0.15, -0.1) is 5.60 Å². The Morgan fingerprint density at radius 2 is 1.17 bits per heavy atom. The maximum absolute atomic E-state index is 10.1. The molecule has 2 heteroatoms. The molecular formula is C4H9FrO. The SMILES string of the molecule is CC(C)(C)[O-].[Fr+]. The Hall–Kier alpha value is 1.56. The molecule has 0 saturated carbocycles. The van der Waals surface area contributed by atoms with Crippen molar-refractivity contribution in [3.05, 3.63) is 0 Å². The van der Waals surface area contributed by atoms with E-state index in [0.29, 0.717) is 0 Å². The molecule has 0 aliphatic heterocycles. The van der Waals surface area contributed by atoms with Gasteiger partial charge < -0.3 is 5.11 Å². The Morgan fingerprint density at radius 3 is 1.17 bits per heavy atom. The minimum atomic E-state index is -0.750. The third-order valence-corrected chi connectivity index (χ3v) is 0. The van der Waals surface area contributed by atoms with Crippen LogP contribution in [0.2, 0.25) is 0 Å². The molecule has 0 rings (SSSR count). The van der Waals surface area contributed by atoms with E-state index in [0.717, 1.165) is 0 Å². The Kier molecular flexibility index (Phi) is 6.22. The summed E-state index contributed by atoms with van der Waals surface area (Å²) in [5.74, 6) is 0. The van der Waals surface area contributed by atoms with Crippen molar-refractivity contribution in [3.8, 4) is 0 Å². The summed E-state index contributed by atoms with van der Waals surface area (Å²) in [5, 5.41) is 10.1. The minimum absolute atomic E-state index is 0. The molecule has 32 valence electrons. The van der Waals surface area contributed by atoms with Crippen LogP contribution in [0, 0.1) is 49.9 Å². The Bertz CT molecular complexity index is 23.0. The van der Waals surface area contributed by atoms with Gasteiger partial charge >= 0.3 is 49.9 Å². The second-order valence-electron chi connectivity index (χ2n) is 2.11. The first-order valence-corrected chi connectivity index (χ1v) is 1.70. The van der Waals surface area contributed by atoms with Crippen LogP contribution in [0.25, 0.3) is 0 Å². The van der Waals surface area contributed by atoms with Crippen LogP contribution < -0.4 is 5.11 Å². The van der Waals surface area contributed by atoms with E-state index in [-0.39, 0.29) is 49.9 Å². The molecule has 0 atom stereocenters. The van der Waals surface area contributed by atoms with Gasteiger partial charge in [-0.05, 0) is 0 Å². The molecule has 0 saturated heterocycles. The zero-order chi connectivity index (χ0) is 4.50. The third-order valence-electron chi connectivity index (χ3n) is 0. The molecule has 0 unspecified atom stereocenters. The molecule has 0 fully saturated rings. The summed E-state index contributed by atoms with van der Waals surface area (Å²) in [6.45, 7) is 4.90. The largest absolute Gasteiger partial charge is 1.00 e. The van der Waals surface area contributed by atoms with Crippen molar-refractivity contribution in [2.24, 2.45) is 0 Å². The van der Waals surface area contributed by atoms with Gasteiger partial charge in [0.15, 0.2) is 0 Å². The van der Waals surface area contributed by atoms with Gasteiger partial charge in [0.25, 0.3) is 0 Å². The summed E-state index contributed by atoms with van der Waals surface area (Å²) in [6.07, 6.45) is 0. The molecule has 0 N–H and O–H groups in total. The van der Waals surface area contributed by atoms with Gasteiger partial charge in [-0.3, -0.25) is 0 Å². The van der Waals surface area contributed by atoms with Crippen LogP contribution >= 0.6 is 0 Å². The van der Waals surface area contributed by atoms with Gasteiger partial charge in [-0.1, -0.05) is 20.8 Å². The first-order valence-electron chi connectivity index (χ1n) is 1.70. The molecule has 0 heterocycles. The van der Waals surface area contributed by atoms with Crippen molar-refractivity contribution in [1.82, 2.24) is 0 Å². The normalized spacial score (nSPS) is 10.0. The first kappa shape index (κ1) is 10.5. The van der Waals surface area contributed by atoms with Crippen LogP contribution in [0.1, 0.15) is 20.8 Å². The fraction of sp³-hybridized carbons (Fsp3) is 1.00. The first-order chi connectivity index (χ1) is 2.00. The van der Waals surface area contributed by atoms with Gasteiger partial charge in [0.2, 0.25) is 0 Å². The van der Waals surface area contributed by atoms with E-state index in [1.807, 2.05) is 0 Å². The van der Waals surface area contributed by atoms with Gasteiger partial charge in [0, 0.05) is 0 Å². The van der Waals surface area contributed by atoms with Crippen LogP contribution in [-0.4, -0.2) is 5.60 Å². The fourth-order valence-corrected chi connectivity index (χ4v) is 0. The van der Waals surface area contributed by atoms with E-state index in [1.54, 1.807) is 20.8 Å². The van der Waals surface area contributed by atoms with E-state index in [4.69, 9.17) is 0 Å². The predicted octanol–water partition coefficient (Wildman–Crippen LogP) is 0.145. The van der Waals surface area contributed by atoms with Crippen LogP contribution in [0.5, 0.6) is 0 Å². The van der Waals surface area contributed by atoms with Crippen LogP contribution in [0.3, 0.4) is 0 Å². The van der Waals surface area contributed by atoms with Crippen molar-refractivity contribution >= 4 is 0 Å². The smallest absolute Gasteiger partial charge is 0.850 e. The van der Waals surface area contributed by atoms with Crippen molar-refractivity contribution in [3.63, 3.8) is 0 Å². The van der Waals surface area contributed by atoms with Crippen molar-refractivity contribution < 1.29 is 55.0 Å². The number of hydrogen-bond acceptors (Lipinski definition) is 1. The molecule has 0 aromatic heterocycles. The minimum Gasteiger partial charge on any atom is -0.850 e. The molecule has 0 spiro atoms. The summed E-state index contributed by atoms with van der Waals surface area (Å²) < 4.78 is 0. The summed E-state index contributed by atoms with van der Waals surface area (Å²) >= 11 is 0. The fourth-order valence-electron chi connectivity index (χ4n) is 0. The van der Waals surface area contributed by atoms with E-state index in [1.165, 1.54) is 0 Å². The van der Waals surface area contributed by atoms with Gasteiger partial charge in [0.05, 0.1) is 0 Å². The Balaban J connectivity index is 0. The third kappa shape index (κ3) is 47.6. The summed E-state index contributed by atoms with van der Waals surface area (Å²) in [7, 11) is 0. The number of hydrogen-bond donors (Lipinski definition) is 0. The monoisotopic (exact) mass is 296 g/mol. The van der Waals surface area contributed by atoms with Crippen molar-refractivity contribution in [1.29, 1.82) is 0 Å². The quantitative estimate of drug-likeness (QED) is 0.624. The van der Waals surface area contributed by atoms with Crippen molar-refractivity contribution in [2.45, 2.75) is 26.4 Å². The molecule has 6 heavy (non-hydrogen) atoms. The molecule has 1 nitrogen and oxygen atoms in total. The topological polar surface area (TPSA) is 23.1 Å². The summed E-state index contributed by atoms with van der Waals surface area (Å²) in [5.41, 5.74) is -0.750. The summed E-state index contributed by atoms with van der Waals surface area (Å²) in [4.78, 5) is 0. The predicted molar refractivity (Wildman–Crippen MR) is 19.8 cm³/mol. The standard InChI is InChI=1S/C4H9O.Fr/c1-4(2,3)5;/h1-3H3;/q-1;+1. The Morgan fingerprint density at radius 1 is 1.17 bits per heavy atom. The zero-order valence-corrected chi connectivity index (χ0v) is 13.1. The maximum atomic E-state index is 10.1. The van der Waals surface area contributed by atoms with Crippen LogP contribution in [0.15, 0.2) is 0 Å². The van der Waals surface area contributed by atoms with Gasteiger partial charge in [-0.2, -0.15) is 0 Å². The average molecular weight is 296 g/mol. The van der Waals surface area contributed by atoms with Crippen LogP contribution in [-0.2, 0) is 0 Å².